The average Bonchev–Trinajstić information content (AvgIpc) is 2.67. The SMILES string of the molecule is CC(C)(C)[Si](C)(C)OC1=C(c2ccccc2)CCCC1/C=C/c1ccccc1. The summed E-state index contributed by atoms with van der Waals surface area (Å²) in [4.78, 5) is 0. The molecule has 0 amide bonds. The summed E-state index contributed by atoms with van der Waals surface area (Å²) in [7, 11) is -1.91. The van der Waals surface area contributed by atoms with Crippen molar-refractivity contribution in [3.05, 3.63) is 83.6 Å². The summed E-state index contributed by atoms with van der Waals surface area (Å²) in [5, 5.41) is 0.187. The Balaban J connectivity index is 2.01. The molecule has 28 heavy (non-hydrogen) atoms. The standard InChI is InChI=1S/C26H34OSi/c1-26(2,3)28(4,5)27-25-23(20-19-21-13-8-6-9-14-21)17-12-18-24(25)22-15-10-7-11-16-22/h6-11,13-16,19-20,23H,12,17-18H2,1-5H3/b20-19+. The van der Waals surface area contributed by atoms with Crippen molar-refractivity contribution < 1.29 is 4.43 Å². The average molecular weight is 391 g/mol. The number of rotatable bonds is 5. The van der Waals surface area contributed by atoms with Crippen LogP contribution in [0.3, 0.4) is 0 Å². The fourth-order valence-corrected chi connectivity index (χ4v) is 4.57. The molecule has 1 aliphatic carbocycles. The maximum absolute atomic E-state index is 6.98. The van der Waals surface area contributed by atoms with E-state index in [0.717, 1.165) is 12.8 Å². The van der Waals surface area contributed by atoms with E-state index in [4.69, 9.17) is 4.43 Å². The van der Waals surface area contributed by atoms with Gasteiger partial charge in [0.1, 0.15) is 0 Å². The minimum atomic E-state index is -1.91. The Morgan fingerprint density at radius 2 is 1.54 bits per heavy atom. The van der Waals surface area contributed by atoms with Crippen molar-refractivity contribution >= 4 is 20.0 Å². The van der Waals surface area contributed by atoms with E-state index in [1.54, 1.807) is 0 Å². The number of hydrogen-bond acceptors (Lipinski definition) is 1. The minimum absolute atomic E-state index is 0.187. The lowest BCUT2D eigenvalue weighted by atomic mass is 9.85. The van der Waals surface area contributed by atoms with Crippen LogP contribution in [0.5, 0.6) is 0 Å². The van der Waals surface area contributed by atoms with Gasteiger partial charge in [-0.15, -0.1) is 0 Å². The molecule has 0 heterocycles. The first-order valence-corrected chi connectivity index (χ1v) is 13.4. The van der Waals surface area contributed by atoms with E-state index in [2.05, 4.69) is 107 Å². The first-order chi connectivity index (χ1) is 13.3. The van der Waals surface area contributed by atoms with Crippen LogP contribution in [0.1, 0.15) is 51.2 Å². The van der Waals surface area contributed by atoms with Crippen LogP contribution in [0, 0.1) is 5.92 Å². The second kappa shape index (κ2) is 8.53. The van der Waals surface area contributed by atoms with Crippen LogP contribution in [-0.4, -0.2) is 8.32 Å². The van der Waals surface area contributed by atoms with Gasteiger partial charge >= 0.3 is 0 Å². The third-order valence-electron chi connectivity index (χ3n) is 6.19. The summed E-state index contributed by atoms with van der Waals surface area (Å²) >= 11 is 0. The molecule has 0 saturated heterocycles. The fraction of sp³-hybridized carbons (Fsp3) is 0.385. The molecule has 2 aromatic rings. The van der Waals surface area contributed by atoms with E-state index in [1.807, 2.05) is 0 Å². The molecule has 148 valence electrons. The van der Waals surface area contributed by atoms with Gasteiger partial charge in [-0.1, -0.05) is 93.6 Å². The highest BCUT2D eigenvalue weighted by Gasteiger charge is 2.41. The molecule has 0 saturated carbocycles. The molecular formula is C26H34OSi. The Labute approximate surface area is 172 Å². The van der Waals surface area contributed by atoms with Crippen molar-refractivity contribution in [1.29, 1.82) is 0 Å². The fourth-order valence-electron chi connectivity index (χ4n) is 3.44. The molecule has 0 radical (unpaired) electrons. The van der Waals surface area contributed by atoms with Crippen molar-refractivity contribution in [3.8, 4) is 0 Å². The van der Waals surface area contributed by atoms with E-state index in [1.165, 1.54) is 28.9 Å². The van der Waals surface area contributed by atoms with Crippen molar-refractivity contribution in [3.63, 3.8) is 0 Å². The van der Waals surface area contributed by atoms with Crippen LogP contribution >= 0.6 is 0 Å². The maximum Gasteiger partial charge on any atom is 0.250 e. The zero-order valence-electron chi connectivity index (χ0n) is 18.0. The van der Waals surface area contributed by atoms with Crippen molar-refractivity contribution in [1.82, 2.24) is 0 Å². The predicted molar refractivity (Wildman–Crippen MR) is 124 cm³/mol. The van der Waals surface area contributed by atoms with Gasteiger partial charge in [-0.25, -0.2) is 0 Å². The second-order valence-electron chi connectivity index (χ2n) is 9.34. The topological polar surface area (TPSA) is 9.23 Å². The van der Waals surface area contributed by atoms with Crippen LogP contribution in [-0.2, 0) is 4.43 Å². The lowest BCUT2D eigenvalue weighted by Crippen LogP contribution is -2.41. The molecule has 1 unspecified atom stereocenters. The molecule has 0 N–H and O–H groups in total. The van der Waals surface area contributed by atoms with Gasteiger partial charge in [0.05, 0.1) is 5.76 Å². The second-order valence-corrected chi connectivity index (χ2v) is 14.1. The molecule has 2 aromatic carbocycles. The third-order valence-corrected chi connectivity index (χ3v) is 10.5. The van der Waals surface area contributed by atoms with E-state index < -0.39 is 8.32 Å². The smallest absolute Gasteiger partial charge is 0.250 e. The minimum Gasteiger partial charge on any atom is -0.546 e. The number of allylic oxidation sites excluding steroid dienone is 2. The molecule has 0 spiro atoms. The quantitative estimate of drug-likeness (QED) is 0.471. The Kier molecular flexibility index (Phi) is 6.29. The number of hydrogen-bond donors (Lipinski definition) is 0. The van der Waals surface area contributed by atoms with Gasteiger partial charge in [-0.2, -0.15) is 0 Å². The summed E-state index contributed by atoms with van der Waals surface area (Å²) in [6, 6.07) is 21.4. The van der Waals surface area contributed by atoms with Crippen LogP contribution < -0.4 is 0 Å². The highest BCUT2D eigenvalue weighted by molar-refractivity contribution is 6.74. The van der Waals surface area contributed by atoms with E-state index >= 15 is 0 Å². The summed E-state index contributed by atoms with van der Waals surface area (Å²) in [5.41, 5.74) is 3.97. The first kappa shape index (κ1) is 20.7. The molecule has 0 fully saturated rings. The van der Waals surface area contributed by atoms with Crippen LogP contribution in [0.2, 0.25) is 18.1 Å². The maximum atomic E-state index is 6.98. The van der Waals surface area contributed by atoms with Crippen molar-refractivity contribution in [2.24, 2.45) is 5.92 Å². The molecule has 1 atom stereocenters. The first-order valence-electron chi connectivity index (χ1n) is 10.5. The third kappa shape index (κ3) is 4.85. The molecule has 3 rings (SSSR count). The van der Waals surface area contributed by atoms with Gasteiger partial charge in [0.15, 0.2) is 0 Å². The van der Waals surface area contributed by atoms with Crippen LogP contribution in [0.25, 0.3) is 11.6 Å². The largest absolute Gasteiger partial charge is 0.546 e. The zero-order chi connectivity index (χ0) is 20.2. The molecule has 0 aliphatic heterocycles. The summed E-state index contributed by atoms with van der Waals surface area (Å²) in [6.07, 6.45) is 8.08. The predicted octanol–water partition coefficient (Wildman–Crippen LogP) is 7.93. The van der Waals surface area contributed by atoms with Gasteiger partial charge in [0.25, 0.3) is 0 Å². The van der Waals surface area contributed by atoms with E-state index in [-0.39, 0.29) is 5.04 Å². The highest BCUT2D eigenvalue weighted by Crippen LogP contribution is 2.44. The normalized spacial score (nSPS) is 18.5. The monoisotopic (exact) mass is 390 g/mol. The lowest BCUT2D eigenvalue weighted by molar-refractivity contribution is 0.325. The molecule has 2 heteroatoms. The Morgan fingerprint density at radius 3 is 2.14 bits per heavy atom. The van der Waals surface area contributed by atoms with Gasteiger partial charge in [-0.05, 0) is 54.1 Å². The summed E-state index contributed by atoms with van der Waals surface area (Å²) in [5.74, 6) is 1.56. The van der Waals surface area contributed by atoms with E-state index in [9.17, 15) is 0 Å². The lowest BCUT2D eigenvalue weighted by Gasteiger charge is -2.40. The van der Waals surface area contributed by atoms with Crippen molar-refractivity contribution in [2.75, 3.05) is 0 Å². The molecule has 0 aromatic heterocycles. The van der Waals surface area contributed by atoms with Crippen LogP contribution in [0.15, 0.2) is 72.5 Å². The van der Waals surface area contributed by atoms with Gasteiger partial charge in [0.2, 0.25) is 8.32 Å². The summed E-state index contributed by atoms with van der Waals surface area (Å²) in [6.45, 7) is 11.7. The van der Waals surface area contributed by atoms with Gasteiger partial charge < -0.3 is 4.43 Å². The molecular weight excluding hydrogens is 356 g/mol. The van der Waals surface area contributed by atoms with E-state index in [0.29, 0.717) is 5.92 Å². The molecule has 0 bridgehead atoms. The molecule has 1 aliphatic rings. The van der Waals surface area contributed by atoms with Gasteiger partial charge in [-0.3, -0.25) is 0 Å². The van der Waals surface area contributed by atoms with Crippen molar-refractivity contribution in [2.45, 2.75) is 58.2 Å². The zero-order valence-corrected chi connectivity index (χ0v) is 19.0. The summed E-state index contributed by atoms with van der Waals surface area (Å²) < 4.78 is 6.98. The molecule has 1 nitrogen and oxygen atoms in total. The Morgan fingerprint density at radius 1 is 0.929 bits per heavy atom. The van der Waals surface area contributed by atoms with Crippen LogP contribution in [0.4, 0.5) is 0 Å². The van der Waals surface area contributed by atoms with Gasteiger partial charge in [0, 0.05) is 5.92 Å². The highest BCUT2D eigenvalue weighted by atomic mass is 28.4. The Hall–Kier alpha value is -2.06. The number of benzene rings is 2. The Bertz CT molecular complexity index is 826.